The molecule has 1 aromatic rings. The van der Waals surface area contributed by atoms with Crippen molar-refractivity contribution in [3.05, 3.63) is 35.4 Å². The van der Waals surface area contributed by atoms with Crippen LogP contribution in [0.25, 0.3) is 0 Å². The summed E-state index contributed by atoms with van der Waals surface area (Å²) in [6.45, 7) is 1.98. The second-order valence-electron chi connectivity index (χ2n) is 6.96. The van der Waals surface area contributed by atoms with Gasteiger partial charge in [-0.15, -0.1) is 0 Å². The molecule has 5 heteroatoms. The largest absolute Gasteiger partial charge is 0.359 e. The molecule has 5 nitrogen and oxygen atoms in total. The second kappa shape index (κ2) is 7.69. The van der Waals surface area contributed by atoms with Crippen molar-refractivity contribution in [2.45, 2.75) is 32.1 Å². The van der Waals surface area contributed by atoms with Crippen LogP contribution in [0.5, 0.6) is 0 Å². The Balaban J connectivity index is 1.41. The summed E-state index contributed by atoms with van der Waals surface area (Å²) in [6.07, 6.45) is 5.00. The Morgan fingerprint density at radius 2 is 1.92 bits per heavy atom. The van der Waals surface area contributed by atoms with Crippen molar-refractivity contribution in [1.29, 1.82) is 0 Å². The summed E-state index contributed by atoms with van der Waals surface area (Å²) in [5, 5.41) is 5.72. The lowest BCUT2D eigenvalue weighted by atomic mass is 9.97. The molecule has 2 aliphatic rings. The number of benzene rings is 1. The first-order chi connectivity index (χ1) is 11.7. The van der Waals surface area contributed by atoms with Crippen molar-refractivity contribution < 1.29 is 9.59 Å². The first-order valence-corrected chi connectivity index (χ1v) is 8.98. The number of nitrogens with zero attached hydrogens (tertiary/aromatic N) is 1. The number of amides is 3. The summed E-state index contributed by atoms with van der Waals surface area (Å²) in [5.74, 6) is 0.595. The molecule has 2 N–H and O–H groups in total. The zero-order valence-corrected chi connectivity index (χ0v) is 14.4. The first-order valence-electron chi connectivity index (χ1n) is 8.98. The highest BCUT2D eigenvalue weighted by atomic mass is 16.2. The average Bonchev–Trinajstić information content (AvgIpc) is 3.03. The summed E-state index contributed by atoms with van der Waals surface area (Å²) < 4.78 is 0. The van der Waals surface area contributed by atoms with Gasteiger partial charge in [-0.1, -0.05) is 24.3 Å². The van der Waals surface area contributed by atoms with Gasteiger partial charge in [0.05, 0.1) is 5.92 Å². The minimum absolute atomic E-state index is 0.0286. The van der Waals surface area contributed by atoms with Crippen LogP contribution in [0.4, 0.5) is 4.79 Å². The highest BCUT2D eigenvalue weighted by Crippen LogP contribution is 2.28. The molecule has 3 amide bonds. The molecule has 1 saturated heterocycles. The Kier molecular flexibility index (Phi) is 5.38. The quantitative estimate of drug-likeness (QED) is 0.887. The molecule has 1 aliphatic heterocycles. The van der Waals surface area contributed by atoms with Crippen LogP contribution in [0.1, 0.15) is 30.4 Å². The van der Waals surface area contributed by atoms with E-state index in [4.69, 9.17) is 0 Å². The van der Waals surface area contributed by atoms with Gasteiger partial charge in [0, 0.05) is 26.7 Å². The van der Waals surface area contributed by atoms with Gasteiger partial charge < -0.3 is 15.5 Å². The minimum atomic E-state index is -0.0705. The maximum atomic E-state index is 12.3. The standard InChI is InChI=1S/C19H27N3O2/c1-20-18(23)17-7-4-10-22(13-17)19(24)21-9-8-14-11-15-5-2-3-6-16(15)12-14/h2-3,5-6,14,17H,4,7-13H2,1H3,(H,20,23)(H,21,24)/t17-/m0/s1. The number of carbonyl (C=O) groups excluding carboxylic acids is 2. The Morgan fingerprint density at radius 1 is 1.21 bits per heavy atom. The van der Waals surface area contributed by atoms with Crippen molar-refractivity contribution in [2.75, 3.05) is 26.7 Å². The Labute approximate surface area is 143 Å². The lowest BCUT2D eigenvalue weighted by Gasteiger charge is -2.31. The maximum absolute atomic E-state index is 12.3. The van der Waals surface area contributed by atoms with Crippen LogP contribution in [0.3, 0.4) is 0 Å². The summed E-state index contributed by atoms with van der Waals surface area (Å²) in [4.78, 5) is 25.9. The smallest absolute Gasteiger partial charge is 0.317 e. The molecule has 1 aromatic carbocycles. The molecule has 0 aromatic heterocycles. The number of fused-ring (bicyclic) bond motifs is 1. The summed E-state index contributed by atoms with van der Waals surface area (Å²) in [6, 6.07) is 8.59. The molecular formula is C19H27N3O2. The minimum Gasteiger partial charge on any atom is -0.359 e. The predicted octanol–water partition coefficient (Wildman–Crippen LogP) is 1.96. The number of hydrogen-bond acceptors (Lipinski definition) is 2. The van der Waals surface area contributed by atoms with Gasteiger partial charge in [0.2, 0.25) is 5.91 Å². The van der Waals surface area contributed by atoms with Crippen LogP contribution in [-0.4, -0.2) is 43.5 Å². The van der Waals surface area contributed by atoms with Crippen LogP contribution in [-0.2, 0) is 17.6 Å². The second-order valence-corrected chi connectivity index (χ2v) is 6.96. The molecule has 1 heterocycles. The first kappa shape index (κ1) is 16.8. The molecule has 1 atom stereocenters. The van der Waals surface area contributed by atoms with Crippen LogP contribution in [0, 0.1) is 11.8 Å². The summed E-state index contributed by atoms with van der Waals surface area (Å²) in [7, 11) is 1.65. The van der Waals surface area contributed by atoms with E-state index in [2.05, 4.69) is 34.9 Å². The zero-order valence-electron chi connectivity index (χ0n) is 14.4. The Bertz CT molecular complexity index is 577. The summed E-state index contributed by atoms with van der Waals surface area (Å²) >= 11 is 0. The molecule has 0 unspecified atom stereocenters. The van der Waals surface area contributed by atoms with E-state index in [1.807, 2.05) is 0 Å². The molecule has 0 spiro atoms. The monoisotopic (exact) mass is 329 g/mol. The number of piperidine rings is 1. The molecule has 1 fully saturated rings. The number of hydrogen-bond donors (Lipinski definition) is 2. The van der Waals surface area contributed by atoms with Gasteiger partial charge in [0.15, 0.2) is 0 Å². The molecule has 0 radical (unpaired) electrons. The third-order valence-electron chi connectivity index (χ3n) is 5.29. The fourth-order valence-electron chi connectivity index (χ4n) is 3.93. The molecular weight excluding hydrogens is 302 g/mol. The van der Waals surface area contributed by atoms with Crippen molar-refractivity contribution in [3.8, 4) is 0 Å². The van der Waals surface area contributed by atoms with Gasteiger partial charge in [0.25, 0.3) is 0 Å². The molecule has 0 saturated carbocycles. The van der Waals surface area contributed by atoms with Crippen molar-refractivity contribution in [3.63, 3.8) is 0 Å². The lowest BCUT2D eigenvalue weighted by molar-refractivity contribution is -0.125. The highest BCUT2D eigenvalue weighted by Gasteiger charge is 2.28. The lowest BCUT2D eigenvalue weighted by Crippen LogP contribution is -2.48. The van der Waals surface area contributed by atoms with Gasteiger partial charge in [-0.2, -0.15) is 0 Å². The van der Waals surface area contributed by atoms with Crippen molar-refractivity contribution >= 4 is 11.9 Å². The van der Waals surface area contributed by atoms with Gasteiger partial charge in [-0.05, 0) is 49.1 Å². The van der Waals surface area contributed by atoms with E-state index in [0.717, 1.165) is 38.6 Å². The molecule has 3 rings (SSSR count). The van der Waals surface area contributed by atoms with Gasteiger partial charge >= 0.3 is 6.03 Å². The fraction of sp³-hybridized carbons (Fsp3) is 0.579. The van der Waals surface area contributed by atoms with E-state index in [9.17, 15) is 9.59 Å². The molecule has 130 valence electrons. The molecule has 0 bridgehead atoms. The van der Waals surface area contributed by atoms with E-state index >= 15 is 0 Å². The predicted molar refractivity (Wildman–Crippen MR) is 93.7 cm³/mol. The number of carbonyl (C=O) groups is 2. The van der Waals surface area contributed by atoms with E-state index in [0.29, 0.717) is 19.0 Å². The van der Waals surface area contributed by atoms with E-state index in [1.165, 1.54) is 11.1 Å². The number of likely N-dealkylation sites (tertiary alicyclic amines) is 1. The average molecular weight is 329 g/mol. The van der Waals surface area contributed by atoms with Crippen LogP contribution in [0.15, 0.2) is 24.3 Å². The topological polar surface area (TPSA) is 61.4 Å². The van der Waals surface area contributed by atoms with Crippen LogP contribution in [0.2, 0.25) is 0 Å². The van der Waals surface area contributed by atoms with Crippen LogP contribution >= 0.6 is 0 Å². The van der Waals surface area contributed by atoms with Crippen molar-refractivity contribution in [1.82, 2.24) is 15.5 Å². The van der Waals surface area contributed by atoms with E-state index < -0.39 is 0 Å². The molecule has 24 heavy (non-hydrogen) atoms. The fourth-order valence-corrected chi connectivity index (χ4v) is 3.93. The van der Waals surface area contributed by atoms with Gasteiger partial charge in [0.1, 0.15) is 0 Å². The van der Waals surface area contributed by atoms with Crippen molar-refractivity contribution in [2.24, 2.45) is 11.8 Å². The normalized spacial score (nSPS) is 20.5. The highest BCUT2D eigenvalue weighted by molar-refractivity contribution is 5.80. The third-order valence-corrected chi connectivity index (χ3v) is 5.29. The number of urea groups is 1. The van der Waals surface area contributed by atoms with Crippen LogP contribution < -0.4 is 10.6 Å². The Hall–Kier alpha value is -2.04. The van der Waals surface area contributed by atoms with Gasteiger partial charge in [-0.3, -0.25) is 4.79 Å². The number of rotatable bonds is 4. The van der Waals surface area contributed by atoms with E-state index in [1.54, 1.807) is 11.9 Å². The number of nitrogens with one attached hydrogen (secondary N) is 2. The molecule has 1 aliphatic carbocycles. The maximum Gasteiger partial charge on any atom is 0.317 e. The van der Waals surface area contributed by atoms with Gasteiger partial charge in [-0.25, -0.2) is 4.79 Å². The summed E-state index contributed by atoms with van der Waals surface area (Å²) in [5.41, 5.74) is 2.91. The Morgan fingerprint density at radius 3 is 2.58 bits per heavy atom. The zero-order chi connectivity index (χ0) is 16.9. The SMILES string of the molecule is CNC(=O)[C@H]1CCCN(C(=O)NCCC2Cc3ccccc3C2)C1. The van der Waals surface area contributed by atoms with E-state index in [-0.39, 0.29) is 17.9 Å². The third kappa shape index (κ3) is 3.89.